The summed E-state index contributed by atoms with van der Waals surface area (Å²) >= 11 is 0. The Morgan fingerprint density at radius 3 is 1.44 bits per heavy atom. The molecule has 0 saturated carbocycles. The summed E-state index contributed by atoms with van der Waals surface area (Å²) in [6.07, 6.45) is 2.84. The average Bonchev–Trinajstić information content (AvgIpc) is 2.97. The molecule has 0 heterocycles. The lowest BCUT2D eigenvalue weighted by Gasteiger charge is -2.06. The Bertz CT molecular complexity index is 785. The molecule has 0 aromatic heterocycles. The van der Waals surface area contributed by atoms with Crippen LogP contribution in [0.25, 0.3) is 0 Å². The van der Waals surface area contributed by atoms with E-state index in [1.54, 1.807) is 50.6 Å². The molecule has 144 valence electrons. The van der Waals surface area contributed by atoms with Crippen molar-refractivity contribution in [2.45, 2.75) is 19.3 Å². The fourth-order valence-electron chi connectivity index (χ4n) is 2.54. The first kappa shape index (κ1) is 20.3. The highest BCUT2D eigenvalue weighted by molar-refractivity contribution is 5.45. The lowest BCUT2D eigenvalue weighted by molar-refractivity contribution is 0.415. The van der Waals surface area contributed by atoms with E-state index in [4.69, 9.17) is 9.47 Å². The molecule has 0 aliphatic carbocycles. The molecule has 2 N–H and O–H groups in total. The van der Waals surface area contributed by atoms with E-state index in [9.17, 15) is 9.59 Å². The highest BCUT2D eigenvalue weighted by Crippen LogP contribution is 2.10. The largest absolute Gasteiger partial charge is 0.497 e. The van der Waals surface area contributed by atoms with Crippen molar-refractivity contribution in [3.05, 3.63) is 69.0 Å². The Balaban J connectivity index is 1.71. The fraction of sp³-hybridized carbons (Fsp3) is 0.333. The smallest absolute Gasteiger partial charge is 0.201 e. The molecule has 2 aromatic rings. The van der Waals surface area contributed by atoms with Crippen LogP contribution in [0.5, 0.6) is 11.5 Å². The summed E-state index contributed by atoms with van der Waals surface area (Å²) in [5.41, 5.74) is 1.02. The standard InChI is InChI=1S/C21H26N2O4/c1-26-16-6-10-18(20(24)12-8-16)22-14-4-3-5-15-23-19-11-7-17(27-2)9-13-21(19)25/h6-13H,3-5,14-15H2,1-2H3,(H,22,24)(H,23,25). The normalized spacial score (nSPS) is 10.1. The van der Waals surface area contributed by atoms with E-state index in [0.717, 1.165) is 19.3 Å². The quantitative estimate of drug-likeness (QED) is 0.626. The van der Waals surface area contributed by atoms with Crippen molar-refractivity contribution in [3.8, 4) is 11.5 Å². The Morgan fingerprint density at radius 1 is 0.630 bits per heavy atom. The van der Waals surface area contributed by atoms with E-state index in [1.165, 1.54) is 12.1 Å². The van der Waals surface area contributed by atoms with Crippen LogP contribution in [-0.2, 0) is 0 Å². The van der Waals surface area contributed by atoms with Gasteiger partial charge in [0.2, 0.25) is 10.9 Å². The van der Waals surface area contributed by atoms with Gasteiger partial charge in [-0.15, -0.1) is 0 Å². The third-order valence-corrected chi connectivity index (χ3v) is 4.11. The second-order valence-corrected chi connectivity index (χ2v) is 6.02. The van der Waals surface area contributed by atoms with Crippen LogP contribution in [0.15, 0.2) is 58.1 Å². The van der Waals surface area contributed by atoms with E-state index in [1.807, 2.05) is 0 Å². The van der Waals surface area contributed by atoms with Gasteiger partial charge in [-0.1, -0.05) is 0 Å². The van der Waals surface area contributed by atoms with Crippen LogP contribution in [0, 0.1) is 0 Å². The molecule has 0 saturated heterocycles. The second-order valence-electron chi connectivity index (χ2n) is 6.02. The molecular weight excluding hydrogens is 344 g/mol. The SMILES string of the molecule is COc1ccc(NCCCCCNc2ccc(OC)ccc2=O)c(=O)cc1. The molecule has 2 rings (SSSR count). The molecule has 0 atom stereocenters. The lowest BCUT2D eigenvalue weighted by Crippen LogP contribution is -2.11. The van der Waals surface area contributed by atoms with E-state index in [2.05, 4.69) is 10.6 Å². The molecule has 0 amide bonds. The van der Waals surface area contributed by atoms with Gasteiger partial charge in [0.15, 0.2) is 0 Å². The zero-order chi connectivity index (χ0) is 19.5. The summed E-state index contributed by atoms with van der Waals surface area (Å²) < 4.78 is 10.2. The van der Waals surface area contributed by atoms with Gasteiger partial charge in [0.25, 0.3) is 0 Å². The second kappa shape index (κ2) is 10.9. The molecule has 0 spiro atoms. The van der Waals surface area contributed by atoms with Crippen molar-refractivity contribution < 1.29 is 9.47 Å². The molecule has 0 aliphatic heterocycles. The van der Waals surface area contributed by atoms with E-state index >= 15 is 0 Å². The average molecular weight is 370 g/mol. The van der Waals surface area contributed by atoms with Gasteiger partial charge in [0.05, 0.1) is 25.6 Å². The Labute approximate surface area is 159 Å². The molecule has 27 heavy (non-hydrogen) atoms. The van der Waals surface area contributed by atoms with Crippen molar-refractivity contribution in [2.24, 2.45) is 0 Å². The number of anilines is 2. The number of rotatable bonds is 10. The van der Waals surface area contributed by atoms with Crippen molar-refractivity contribution in [1.82, 2.24) is 0 Å². The van der Waals surface area contributed by atoms with Crippen LogP contribution in [0.4, 0.5) is 11.4 Å². The number of hydrogen-bond acceptors (Lipinski definition) is 6. The number of nitrogens with one attached hydrogen (secondary N) is 2. The van der Waals surface area contributed by atoms with Crippen molar-refractivity contribution >= 4 is 11.4 Å². The first-order valence-corrected chi connectivity index (χ1v) is 8.98. The van der Waals surface area contributed by atoms with Gasteiger partial charge >= 0.3 is 0 Å². The highest BCUT2D eigenvalue weighted by Gasteiger charge is 1.99. The summed E-state index contributed by atoms with van der Waals surface area (Å²) in [6, 6.07) is 13.3. The van der Waals surface area contributed by atoms with E-state index in [-0.39, 0.29) is 10.9 Å². The van der Waals surface area contributed by atoms with Gasteiger partial charge in [-0.2, -0.15) is 0 Å². The van der Waals surface area contributed by atoms with Gasteiger partial charge in [-0.05, 0) is 67.8 Å². The van der Waals surface area contributed by atoms with E-state index in [0.29, 0.717) is 36.0 Å². The summed E-state index contributed by atoms with van der Waals surface area (Å²) in [5, 5.41) is 6.33. The molecule has 0 unspecified atom stereocenters. The minimum absolute atomic E-state index is 0.0599. The summed E-state index contributed by atoms with van der Waals surface area (Å²) in [4.78, 5) is 23.9. The number of unbranched alkanes of at least 4 members (excludes halogenated alkanes) is 2. The third kappa shape index (κ3) is 6.66. The van der Waals surface area contributed by atoms with Gasteiger partial charge in [0, 0.05) is 13.1 Å². The number of ether oxygens (including phenoxy) is 2. The minimum Gasteiger partial charge on any atom is -0.497 e. The minimum atomic E-state index is -0.0599. The van der Waals surface area contributed by atoms with Crippen molar-refractivity contribution in [3.63, 3.8) is 0 Å². The van der Waals surface area contributed by atoms with Crippen LogP contribution in [0.2, 0.25) is 0 Å². The molecule has 0 fully saturated rings. The summed E-state index contributed by atoms with van der Waals surface area (Å²) in [7, 11) is 3.14. The Hall–Kier alpha value is -3.02. The Morgan fingerprint density at radius 2 is 1.04 bits per heavy atom. The van der Waals surface area contributed by atoms with Gasteiger partial charge in [-0.3, -0.25) is 9.59 Å². The fourth-order valence-corrected chi connectivity index (χ4v) is 2.54. The number of methoxy groups -OCH3 is 2. The summed E-state index contributed by atoms with van der Waals surface area (Å²) in [6.45, 7) is 1.43. The molecule has 6 heteroatoms. The first-order chi connectivity index (χ1) is 13.1. The first-order valence-electron chi connectivity index (χ1n) is 8.98. The van der Waals surface area contributed by atoms with Gasteiger partial charge in [-0.25, -0.2) is 0 Å². The summed E-state index contributed by atoms with van der Waals surface area (Å²) in [5.74, 6) is 1.30. The zero-order valence-corrected chi connectivity index (χ0v) is 15.8. The molecule has 6 nitrogen and oxygen atoms in total. The zero-order valence-electron chi connectivity index (χ0n) is 15.8. The lowest BCUT2D eigenvalue weighted by atomic mass is 10.2. The highest BCUT2D eigenvalue weighted by atomic mass is 16.5. The predicted octanol–water partition coefficient (Wildman–Crippen LogP) is 3.12. The third-order valence-electron chi connectivity index (χ3n) is 4.11. The van der Waals surface area contributed by atoms with Crippen LogP contribution in [0.3, 0.4) is 0 Å². The maximum Gasteiger partial charge on any atom is 0.201 e. The maximum atomic E-state index is 11.9. The Kier molecular flexibility index (Phi) is 8.16. The molecule has 0 radical (unpaired) electrons. The number of hydrogen-bond donors (Lipinski definition) is 2. The molecular formula is C21H26N2O4. The van der Waals surface area contributed by atoms with Crippen molar-refractivity contribution in [2.75, 3.05) is 37.9 Å². The topological polar surface area (TPSA) is 76.7 Å². The van der Waals surface area contributed by atoms with Gasteiger partial charge < -0.3 is 20.1 Å². The monoisotopic (exact) mass is 370 g/mol. The molecule has 0 aliphatic rings. The van der Waals surface area contributed by atoms with Crippen LogP contribution in [-0.4, -0.2) is 27.3 Å². The molecule has 0 bridgehead atoms. The van der Waals surface area contributed by atoms with Crippen LogP contribution < -0.4 is 31.0 Å². The van der Waals surface area contributed by atoms with Crippen LogP contribution >= 0.6 is 0 Å². The molecule has 2 aromatic carbocycles. The van der Waals surface area contributed by atoms with Gasteiger partial charge in [0.1, 0.15) is 11.5 Å². The van der Waals surface area contributed by atoms with Crippen LogP contribution in [0.1, 0.15) is 19.3 Å². The van der Waals surface area contributed by atoms with Crippen molar-refractivity contribution in [1.29, 1.82) is 0 Å². The maximum absolute atomic E-state index is 11.9. The van der Waals surface area contributed by atoms with E-state index < -0.39 is 0 Å². The predicted molar refractivity (Wildman–Crippen MR) is 109 cm³/mol.